The molecule has 2 N–H and O–H groups in total. The molecule has 0 aliphatic carbocycles. The Kier molecular flexibility index (Phi) is 3.55. The van der Waals surface area contributed by atoms with E-state index in [2.05, 4.69) is 27.3 Å². The molecular weight excluding hydrogens is 291 g/mol. The summed E-state index contributed by atoms with van der Waals surface area (Å²) in [4.78, 5) is 4.80. The number of nitrogens with zero attached hydrogens (tertiary/aromatic N) is 2. The van der Waals surface area contributed by atoms with E-state index in [0.29, 0.717) is 0 Å². The number of aromatic nitrogens is 2. The molecule has 0 bridgehead atoms. The topological polar surface area (TPSA) is 41.9 Å². The molecule has 0 saturated carbocycles. The molecule has 2 heterocycles. The third-order valence-electron chi connectivity index (χ3n) is 4.00. The van der Waals surface area contributed by atoms with Gasteiger partial charge in [0.2, 0.25) is 0 Å². The van der Waals surface area contributed by atoms with E-state index >= 15 is 0 Å². The lowest BCUT2D eigenvalue weighted by Gasteiger charge is -2.18. The first-order valence-electron chi connectivity index (χ1n) is 7.69. The van der Waals surface area contributed by atoms with Gasteiger partial charge in [-0.05, 0) is 24.3 Å². The second kappa shape index (κ2) is 5.85. The number of halogens is 1. The number of anilines is 2. The summed E-state index contributed by atoms with van der Waals surface area (Å²) < 4.78 is 15.3. The fourth-order valence-electron chi connectivity index (χ4n) is 2.86. The normalized spacial score (nSPS) is 13.6. The van der Waals surface area contributed by atoms with Crippen LogP contribution >= 0.6 is 0 Å². The fourth-order valence-corrected chi connectivity index (χ4v) is 2.86. The van der Waals surface area contributed by atoms with Gasteiger partial charge in [0.05, 0.1) is 6.54 Å². The van der Waals surface area contributed by atoms with Crippen molar-refractivity contribution in [1.82, 2.24) is 14.9 Å². The predicted octanol–water partition coefficient (Wildman–Crippen LogP) is 3.54. The minimum absolute atomic E-state index is 0.238. The van der Waals surface area contributed by atoms with Gasteiger partial charge in [0.1, 0.15) is 23.2 Å². The number of benzene rings is 2. The quantitative estimate of drug-likeness (QED) is 0.778. The van der Waals surface area contributed by atoms with Gasteiger partial charge in [0.25, 0.3) is 0 Å². The highest BCUT2D eigenvalue weighted by Crippen LogP contribution is 2.32. The van der Waals surface area contributed by atoms with Gasteiger partial charge >= 0.3 is 0 Å². The number of imidazole rings is 1. The van der Waals surface area contributed by atoms with Crippen LogP contribution in [-0.4, -0.2) is 16.1 Å². The van der Waals surface area contributed by atoms with E-state index in [1.165, 1.54) is 12.1 Å². The lowest BCUT2D eigenvalue weighted by molar-refractivity contribution is 0.509. The third-order valence-corrected chi connectivity index (χ3v) is 4.00. The lowest BCUT2D eigenvalue weighted by atomic mass is 10.1. The third kappa shape index (κ3) is 2.71. The first-order valence-corrected chi connectivity index (χ1v) is 7.69. The second-order valence-corrected chi connectivity index (χ2v) is 5.55. The molecule has 23 heavy (non-hydrogen) atoms. The number of rotatable bonds is 3. The highest BCUT2D eigenvalue weighted by atomic mass is 19.1. The molecule has 0 amide bonds. The largest absolute Gasteiger partial charge is 0.340 e. The summed E-state index contributed by atoms with van der Waals surface area (Å²) in [7, 11) is 0. The van der Waals surface area contributed by atoms with Crippen molar-refractivity contribution < 1.29 is 4.39 Å². The lowest BCUT2D eigenvalue weighted by Crippen LogP contribution is -2.28. The predicted molar refractivity (Wildman–Crippen MR) is 89.1 cm³/mol. The maximum absolute atomic E-state index is 13.1. The first kappa shape index (κ1) is 14.0. The molecule has 2 aromatic carbocycles. The van der Waals surface area contributed by atoms with Crippen molar-refractivity contribution in [3.8, 4) is 11.3 Å². The van der Waals surface area contributed by atoms with Gasteiger partial charge in [-0.3, -0.25) is 0 Å². The molecule has 5 heteroatoms. The van der Waals surface area contributed by atoms with Crippen molar-refractivity contribution in [3.63, 3.8) is 0 Å². The number of hydrogen-bond acceptors (Lipinski definition) is 3. The standard InChI is InChI=1S/C18H17FN4/c19-14-6-8-15(9-7-14)21-18-17(13-4-2-1-3-5-13)22-16-12-20-10-11-23(16)18/h1-9,20-21H,10-12H2. The molecule has 0 radical (unpaired) electrons. The number of nitrogens with one attached hydrogen (secondary N) is 2. The molecule has 116 valence electrons. The van der Waals surface area contributed by atoms with E-state index in [1.54, 1.807) is 12.1 Å². The van der Waals surface area contributed by atoms with E-state index in [4.69, 9.17) is 4.98 Å². The Morgan fingerprint density at radius 1 is 1.04 bits per heavy atom. The van der Waals surface area contributed by atoms with E-state index in [9.17, 15) is 4.39 Å². The van der Waals surface area contributed by atoms with Crippen LogP contribution in [0, 0.1) is 5.82 Å². The Balaban J connectivity index is 1.79. The van der Waals surface area contributed by atoms with Gasteiger partial charge in [-0.25, -0.2) is 9.37 Å². The zero-order valence-corrected chi connectivity index (χ0v) is 12.6. The molecule has 3 aromatic rings. The Bertz CT molecular complexity index is 809. The molecule has 1 aliphatic heterocycles. The van der Waals surface area contributed by atoms with Crippen LogP contribution in [-0.2, 0) is 13.1 Å². The Labute approximate surface area is 134 Å². The summed E-state index contributed by atoms with van der Waals surface area (Å²) in [5, 5.41) is 6.76. The molecule has 0 fully saturated rings. The van der Waals surface area contributed by atoms with Gasteiger partial charge in [-0.1, -0.05) is 30.3 Å². The zero-order chi connectivity index (χ0) is 15.6. The van der Waals surface area contributed by atoms with E-state index in [0.717, 1.165) is 48.2 Å². The van der Waals surface area contributed by atoms with E-state index < -0.39 is 0 Å². The van der Waals surface area contributed by atoms with Crippen molar-refractivity contribution in [2.75, 3.05) is 11.9 Å². The Morgan fingerprint density at radius 3 is 2.61 bits per heavy atom. The van der Waals surface area contributed by atoms with Crippen LogP contribution in [0.3, 0.4) is 0 Å². The molecule has 0 unspecified atom stereocenters. The summed E-state index contributed by atoms with van der Waals surface area (Å²) in [5.74, 6) is 1.73. The van der Waals surface area contributed by atoms with Crippen LogP contribution in [0.4, 0.5) is 15.9 Å². The van der Waals surface area contributed by atoms with Crippen molar-refractivity contribution >= 4 is 11.5 Å². The molecule has 4 rings (SSSR count). The van der Waals surface area contributed by atoms with Crippen LogP contribution in [0.2, 0.25) is 0 Å². The first-order chi connectivity index (χ1) is 11.3. The van der Waals surface area contributed by atoms with Gasteiger partial charge in [0, 0.05) is 24.3 Å². The van der Waals surface area contributed by atoms with E-state index in [1.807, 2.05) is 18.2 Å². The molecular formula is C18H17FN4. The molecule has 0 saturated heterocycles. The van der Waals surface area contributed by atoms with Crippen LogP contribution in [0.15, 0.2) is 54.6 Å². The van der Waals surface area contributed by atoms with Crippen molar-refractivity contribution in [1.29, 1.82) is 0 Å². The maximum Gasteiger partial charge on any atom is 0.138 e. The summed E-state index contributed by atoms with van der Waals surface area (Å²) in [6.07, 6.45) is 0. The van der Waals surface area contributed by atoms with Crippen molar-refractivity contribution in [2.45, 2.75) is 13.1 Å². The van der Waals surface area contributed by atoms with Gasteiger partial charge in [-0.2, -0.15) is 0 Å². The Morgan fingerprint density at radius 2 is 1.83 bits per heavy atom. The van der Waals surface area contributed by atoms with E-state index in [-0.39, 0.29) is 5.82 Å². The minimum atomic E-state index is -0.238. The van der Waals surface area contributed by atoms with Crippen molar-refractivity contribution in [3.05, 3.63) is 66.2 Å². The second-order valence-electron chi connectivity index (χ2n) is 5.55. The van der Waals surface area contributed by atoms with Gasteiger partial charge < -0.3 is 15.2 Å². The summed E-state index contributed by atoms with van der Waals surface area (Å²) >= 11 is 0. The minimum Gasteiger partial charge on any atom is -0.340 e. The Hall–Kier alpha value is -2.66. The average molecular weight is 308 g/mol. The molecule has 4 nitrogen and oxygen atoms in total. The average Bonchev–Trinajstić information content (AvgIpc) is 2.96. The van der Waals surface area contributed by atoms with Crippen LogP contribution in [0.5, 0.6) is 0 Å². The van der Waals surface area contributed by atoms with Crippen LogP contribution < -0.4 is 10.6 Å². The maximum atomic E-state index is 13.1. The molecule has 1 aromatic heterocycles. The highest BCUT2D eigenvalue weighted by Gasteiger charge is 2.20. The smallest absolute Gasteiger partial charge is 0.138 e. The van der Waals surface area contributed by atoms with Crippen LogP contribution in [0.1, 0.15) is 5.82 Å². The van der Waals surface area contributed by atoms with Gasteiger partial charge in [-0.15, -0.1) is 0 Å². The number of fused-ring (bicyclic) bond motifs is 1. The molecule has 0 spiro atoms. The highest BCUT2D eigenvalue weighted by molar-refractivity contribution is 5.76. The summed E-state index contributed by atoms with van der Waals surface area (Å²) in [6.45, 7) is 2.53. The van der Waals surface area contributed by atoms with Gasteiger partial charge in [0.15, 0.2) is 0 Å². The molecule has 1 aliphatic rings. The SMILES string of the molecule is Fc1ccc(Nc2c(-c3ccccc3)nc3n2CCNC3)cc1. The fraction of sp³-hybridized carbons (Fsp3) is 0.167. The molecule has 0 atom stereocenters. The monoisotopic (exact) mass is 308 g/mol. The summed E-state index contributed by atoms with van der Waals surface area (Å²) in [6, 6.07) is 16.5. The zero-order valence-electron chi connectivity index (χ0n) is 12.6. The van der Waals surface area contributed by atoms with Crippen molar-refractivity contribution in [2.24, 2.45) is 0 Å². The van der Waals surface area contributed by atoms with Crippen LogP contribution in [0.25, 0.3) is 11.3 Å². The number of hydrogen-bond donors (Lipinski definition) is 2. The summed E-state index contributed by atoms with van der Waals surface area (Å²) in [5.41, 5.74) is 2.84.